The Morgan fingerprint density at radius 3 is 2.86 bits per heavy atom. The Labute approximate surface area is 83.0 Å². The molecule has 4 heteroatoms. The predicted octanol–water partition coefficient (Wildman–Crippen LogP) is 1.20. The van der Waals surface area contributed by atoms with Gasteiger partial charge < -0.3 is 0 Å². The van der Waals surface area contributed by atoms with Crippen LogP contribution in [0.3, 0.4) is 0 Å². The fraction of sp³-hybridized carbons (Fsp3) is 0.500. The molecule has 74 valence electrons. The molecule has 2 aliphatic heterocycles. The van der Waals surface area contributed by atoms with Gasteiger partial charge in [-0.3, -0.25) is 4.79 Å². The Hall–Kier alpha value is -1.45. The number of hydrogen-bond acceptors (Lipinski definition) is 3. The van der Waals surface area contributed by atoms with Crippen LogP contribution in [0.2, 0.25) is 0 Å². The summed E-state index contributed by atoms with van der Waals surface area (Å²) in [5.41, 5.74) is 1.02. The summed E-state index contributed by atoms with van der Waals surface area (Å²) in [6.45, 7) is 5.99. The fourth-order valence-electron chi connectivity index (χ4n) is 1.68. The predicted molar refractivity (Wildman–Crippen MR) is 55.2 cm³/mol. The second kappa shape index (κ2) is 3.04. The first-order valence-electron chi connectivity index (χ1n) is 4.73. The van der Waals surface area contributed by atoms with Gasteiger partial charge in [-0.25, -0.2) is 5.01 Å². The first kappa shape index (κ1) is 9.12. The summed E-state index contributed by atoms with van der Waals surface area (Å²) in [6, 6.07) is 0.244. The first-order valence-corrected chi connectivity index (χ1v) is 4.73. The van der Waals surface area contributed by atoms with Gasteiger partial charge in [-0.1, -0.05) is 5.57 Å². The number of dihydropyridines is 1. The lowest BCUT2D eigenvalue weighted by Crippen LogP contribution is -2.34. The summed E-state index contributed by atoms with van der Waals surface area (Å²) in [6.07, 6.45) is 3.42. The summed E-state index contributed by atoms with van der Waals surface area (Å²) < 4.78 is 0. The van der Waals surface area contributed by atoms with Crippen molar-refractivity contribution < 1.29 is 4.79 Å². The van der Waals surface area contributed by atoms with Gasteiger partial charge in [0.15, 0.2) is 0 Å². The minimum atomic E-state index is -0.176. The van der Waals surface area contributed by atoms with Gasteiger partial charge in [0.2, 0.25) is 0 Å². The molecule has 0 aromatic carbocycles. The highest BCUT2D eigenvalue weighted by atomic mass is 16.1. The number of rotatable bonds is 1. The van der Waals surface area contributed by atoms with E-state index in [9.17, 15) is 4.79 Å². The minimum Gasteiger partial charge on any atom is -0.267 e. The molecule has 0 saturated heterocycles. The lowest BCUT2D eigenvalue weighted by molar-refractivity contribution is -0.113. The molecule has 0 aliphatic carbocycles. The maximum Gasteiger partial charge on any atom is 0.271 e. The maximum atomic E-state index is 11.2. The molecule has 1 amide bonds. The molecule has 2 heterocycles. The van der Waals surface area contributed by atoms with Crippen molar-refractivity contribution in [2.24, 2.45) is 16.0 Å². The van der Waals surface area contributed by atoms with Crippen molar-refractivity contribution in [2.45, 2.75) is 26.8 Å². The molecule has 14 heavy (non-hydrogen) atoms. The molecule has 0 saturated carbocycles. The summed E-state index contributed by atoms with van der Waals surface area (Å²) in [5.74, 6) is 0.699. The summed E-state index contributed by atoms with van der Waals surface area (Å²) >= 11 is 0. The smallest absolute Gasteiger partial charge is 0.267 e. The zero-order chi connectivity index (χ0) is 10.3. The number of amides is 1. The Balaban J connectivity index is 2.35. The molecular formula is C10H13N3O. The van der Waals surface area contributed by atoms with E-state index in [0.29, 0.717) is 0 Å². The molecule has 1 atom stereocenters. The molecule has 2 rings (SSSR count). The molecule has 0 radical (unpaired) electrons. The monoisotopic (exact) mass is 191 g/mol. The molecule has 1 unspecified atom stereocenters. The molecule has 2 aliphatic rings. The normalized spacial score (nSPS) is 25.3. The third-order valence-electron chi connectivity index (χ3n) is 2.41. The van der Waals surface area contributed by atoms with Crippen LogP contribution in [-0.4, -0.2) is 29.0 Å². The standard InChI is InChI=1S/C10H13N3O/c1-6(2)13-10-8(5-11-13)7(3)4-9(14)12-10/h4-6,8H,1-3H3. The van der Waals surface area contributed by atoms with E-state index >= 15 is 0 Å². The van der Waals surface area contributed by atoms with Crippen LogP contribution in [0, 0.1) is 5.92 Å². The quantitative estimate of drug-likeness (QED) is 0.625. The van der Waals surface area contributed by atoms with Crippen molar-refractivity contribution in [3.05, 3.63) is 11.6 Å². The Morgan fingerprint density at radius 2 is 2.21 bits per heavy atom. The van der Waals surface area contributed by atoms with Crippen molar-refractivity contribution in [1.82, 2.24) is 5.01 Å². The van der Waals surface area contributed by atoms with E-state index in [4.69, 9.17) is 0 Å². The summed E-state index contributed by atoms with van der Waals surface area (Å²) in [5, 5.41) is 6.05. The third kappa shape index (κ3) is 1.27. The van der Waals surface area contributed by atoms with Gasteiger partial charge in [0.05, 0.1) is 5.92 Å². The van der Waals surface area contributed by atoms with Gasteiger partial charge in [0.1, 0.15) is 5.84 Å². The Bertz CT molecular complexity index is 366. The van der Waals surface area contributed by atoms with Crippen molar-refractivity contribution >= 4 is 18.0 Å². The van der Waals surface area contributed by atoms with Crippen LogP contribution in [0.15, 0.2) is 21.7 Å². The number of aliphatic imine (C=N–C) groups is 1. The van der Waals surface area contributed by atoms with Crippen molar-refractivity contribution in [3.8, 4) is 0 Å². The number of carbonyl (C=O) groups is 1. The summed E-state index contributed by atoms with van der Waals surface area (Å²) in [4.78, 5) is 15.2. The Morgan fingerprint density at radius 1 is 1.50 bits per heavy atom. The van der Waals surface area contributed by atoms with Gasteiger partial charge in [-0.05, 0) is 20.8 Å². The molecule has 0 aromatic heterocycles. The van der Waals surface area contributed by atoms with E-state index in [1.165, 1.54) is 0 Å². The largest absolute Gasteiger partial charge is 0.271 e. The molecule has 0 spiro atoms. The highest BCUT2D eigenvalue weighted by Gasteiger charge is 2.32. The minimum absolute atomic E-state index is 0.107. The number of fused-ring (bicyclic) bond motifs is 1. The third-order valence-corrected chi connectivity index (χ3v) is 2.41. The van der Waals surface area contributed by atoms with Crippen LogP contribution in [0.1, 0.15) is 20.8 Å². The van der Waals surface area contributed by atoms with Gasteiger partial charge in [-0.2, -0.15) is 10.1 Å². The van der Waals surface area contributed by atoms with Crippen LogP contribution < -0.4 is 0 Å². The molecule has 4 nitrogen and oxygen atoms in total. The van der Waals surface area contributed by atoms with Gasteiger partial charge in [-0.15, -0.1) is 0 Å². The van der Waals surface area contributed by atoms with Crippen LogP contribution >= 0.6 is 0 Å². The first-order chi connectivity index (χ1) is 6.59. The van der Waals surface area contributed by atoms with Crippen LogP contribution in [0.25, 0.3) is 0 Å². The van der Waals surface area contributed by atoms with E-state index < -0.39 is 0 Å². The van der Waals surface area contributed by atoms with E-state index in [1.807, 2.05) is 27.0 Å². The van der Waals surface area contributed by atoms with Crippen LogP contribution in [0.5, 0.6) is 0 Å². The molecule has 0 bridgehead atoms. The number of hydrazone groups is 1. The zero-order valence-corrected chi connectivity index (χ0v) is 8.56. The highest BCUT2D eigenvalue weighted by Crippen LogP contribution is 2.24. The van der Waals surface area contributed by atoms with Crippen LogP contribution in [-0.2, 0) is 4.79 Å². The molecule has 0 N–H and O–H groups in total. The molecular weight excluding hydrogens is 178 g/mol. The van der Waals surface area contributed by atoms with Gasteiger partial charge in [0, 0.05) is 18.3 Å². The topological polar surface area (TPSA) is 45.0 Å². The maximum absolute atomic E-state index is 11.2. The second-order valence-corrected chi connectivity index (χ2v) is 3.88. The lowest BCUT2D eigenvalue weighted by Gasteiger charge is -2.23. The average molecular weight is 191 g/mol. The summed E-state index contributed by atoms with van der Waals surface area (Å²) in [7, 11) is 0. The van der Waals surface area contributed by atoms with E-state index in [2.05, 4.69) is 10.1 Å². The van der Waals surface area contributed by atoms with Gasteiger partial charge in [0.25, 0.3) is 5.91 Å². The zero-order valence-electron chi connectivity index (χ0n) is 8.56. The number of nitrogens with zero attached hydrogens (tertiary/aromatic N) is 3. The SMILES string of the molecule is CC1=CC(=O)N=C2C1C=NN2C(C)C. The van der Waals surface area contributed by atoms with Crippen molar-refractivity contribution in [1.29, 1.82) is 0 Å². The van der Waals surface area contributed by atoms with Crippen LogP contribution in [0.4, 0.5) is 0 Å². The van der Waals surface area contributed by atoms with Crippen molar-refractivity contribution in [3.63, 3.8) is 0 Å². The van der Waals surface area contributed by atoms with Gasteiger partial charge >= 0.3 is 0 Å². The second-order valence-electron chi connectivity index (χ2n) is 3.88. The lowest BCUT2D eigenvalue weighted by atomic mass is 9.98. The van der Waals surface area contributed by atoms with Crippen molar-refractivity contribution in [2.75, 3.05) is 0 Å². The number of carbonyl (C=O) groups excluding carboxylic acids is 1. The van der Waals surface area contributed by atoms with E-state index in [-0.39, 0.29) is 17.9 Å². The van der Waals surface area contributed by atoms with E-state index in [1.54, 1.807) is 11.1 Å². The number of amidine groups is 1. The fourth-order valence-corrected chi connectivity index (χ4v) is 1.68. The Kier molecular flexibility index (Phi) is 1.98. The number of hydrogen-bond donors (Lipinski definition) is 0. The molecule has 0 fully saturated rings. The highest BCUT2D eigenvalue weighted by molar-refractivity contribution is 6.12. The molecule has 0 aromatic rings. The van der Waals surface area contributed by atoms with E-state index in [0.717, 1.165) is 11.4 Å². The average Bonchev–Trinajstić information content (AvgIpc) is 2.47.